The van der Waals surface area contributed by atoms with E-state index in [-0.39, 0.29) is 23.0 Å². The lowest BCUT2D eigenvalue weighted by Gasteiger charge is -2.23. The molecule has 30 heavy (non-hydrogen) atoms. The zero-order valence-corrected chi connectivity index (χ0v) is 20.4. The lowest BCUT2D eigenvalue weighted by Crippen LogP contribution is -2.20. The molecular weight excluding hydrogens is 384 g/mol. The standard InChI is InChI=1S/2C12H22O3/c1-6-11(13)15-8-7-14-10(2)9-12(3,4)5;1-6-11(13)15-10(2)9-14-8-7-12(3,4)5/h2*6,10H,1,7-9H2,2-5H3. The second-order valence-corrected chi connectivity index (χ2v) is 9.66. The minimum Gasteiger partial charge on any atom is -0.460 e. The van der Waals surface area contributed by atoms with E-state index < -0.39 is 11.9 Å². The van der Waals surface area contributed by atoms with E-state index in [9.17, 15) is 9.59 Å². The maximum Gasteiger partial charge on any atom is 0.330 e. The summed E-state index contributed by atoms with van der Waals surface area (Å²) in [4.78, 5) is 21.5. The van der Waals surface area contributed by atoms with Crippen LogP contribution < -0.4 is 0 Å². The summed E-state index contributed by atoms with van der Waals surface area (Å²) in [6.45, 7) is 25.3. The van der Waals surface area contributed by atoms with Gasteiger partial charge in [0.05, 0.1) is 19.3 Å². The molecule has 0 spiro atoms. The smallest absolute Gasteiger partial charge is 0.330 e. The first-order chi connectivity index (χ1) is 13.7. The van der Waals surface area contributed by atoms with E-state index in [0.29, 0.717) is 26.4 Å². The van der Waals surface area contributed by atoms with Crippen molar-refractivity contribution in [2.45, 2.75) is 80.4 Å². The maximum atomic E-state index is 10.8. The van der Waals surface area contributed by atoms with Gasteiger partial charge in [0.15, 0.2) is 0 Å². The van der Waals surface area contributed by atoms with Crippen molar-refractivity contribution in [2.24, 2.45) is 10.8 Å². The highest BCUT2D eigenvalue weighted by molar-refractivity contribution is 5.81. The van der Waals surface area contributed by atoms with Crippen LogP contribution in [0.5, 0.6) is 0 Å². The number of ether oxygens (including phenoxy) is 4. The summed E-state index contributed by atoms with van der Waals surface area (Å²) in [5.74, 6) is -0.802. The molecule has 6 nitrogen and oxygen atoms in total. The van der Waals surface area contributed by atoms with Crippen LogP contribution in [0.2, 0.25) is 0 Å². The molecule has 0 aromatic carbocycles. The normalized spacial score (nSPS) is 13.3. The van der Waals surface area contributed by atoms with E-state index in [1.54, 1.807) is 6.92 Å². The van der Waals surface area contributed by atoms with E-state index in [0.717, 1.165) is 25.0 Å². The zero-order valence-electron chi connectivity index (χ0n) is 20.4. The van der Waals surface area contributed by atoms with Gasteiger partial charge in [-0.1, -0.05) is 54.7 Å². The van der Waals surface area contributed by atoms with Crippen molar-refractivity contribution in [2.75, 3.05) is 26.4 Å². The van der Waals surface area contributed by atoms with E-state index in [1.165, 1.54) is 0 Å². The second kappa shape index (κ2) is 16.1. The first-order valence-electron chi connectivity index (χ1n) is 10.5. The van der Waals surface area contributed by atoms with Crippen LogP contribution in [0.1, 0.15) is 68.2 Å². The predicted octanol–water partition coefficient (Wildman–Crippen LogP) is 5.11. The van der Waals surface area contributed by atoms with Crippen molar-refractivity contribution in [1.82, 2.24) is 0 Å². The molecular formula is C24H44O6. The summed E-state index contributed by atoms with van der Waals surface area (Å²) >= 11 is 0. The van der Waals surface area contributed by atoms with E-state index in [2.05, 4.69) is 54.7 Å². The summed E-state index contributed by atoms with van der Waals surface area (Å²) in [5, 5.41) is 0. The van der Waals surface area contributed by atoms with Gasteiger partial charge in [-0.2, -0.15) is 0 Å². The summed E-state index contributed by atoms with van der Waals surface area (Å²) in [6, 6.07) is 0. The number of carbonyl (C=O) groups is 2. The van der Waals surface area contributed by atoms with E-state index in [4.69, 9.17) is 18.9 Å². The molecule has 0 aromatic heterocycles. The molecule has 2 atom stereocenters. The largest absolute Gasteiger partial charge is 0.460 e. The highest BCUT2D eigenvalue weighted by Crippen LogP contribution is 2.21. The number of carbonyl (C=O) groups excluding carboxylic acids is 2. The summed E-state index contributed by atoms with van der Waals surface area (Å²) in [5.41, 5.74) is 0.540. The highest BCUT2D eigenvalue weighted by atomic mass is 16.6. The molecule has 0 amide bonds. The van der Waals surface area contributed by atoms with Crippen LogP contribution in [-0.2, 0) is 28.5 Å². The zero-order chi connectivity index (χ0) is 23.8. The van der Waals surface area contributed by atoms with E-state index >= 15 is 0 Å². The topological polar surface area (TPSA) is 71.1 Å². The van der Waals surface area contributed by atoms with Crippen LogP contribution in [-0.4, -0.2) is 50.6 Å². The van der Waals surface area contributed by atoms with Crippen LogP contribution in [0.15, 0.2) is 25.3 Å². The van der Waals surface area contributed by atoms with Crippen LogP contribution >= 0.6 is 0 Å². The predicted molar refractivity (Wildman–Crippen MR) is 121 cm³/mol. The van der Waals surface area contributed by atoms with Crippen LogP contribution in [0.25, 0.3) is 0 Å². The quantitative estimate of drug-likeness (QED) is 0.244. The fraction of sp³-hybridized carbons (Fsp3) is 0.750. The Morgan fingerprint density at radius 3 is 1.87 bits per heavy atom. The van der Waals surface area contributed by atoms with Crippen molar-refractivity contribution < 1.29 is 28.5 Å². The molecule has 176 valence electrons. The lowest BCUT2D eigenvalue weighted by molar-refractivity contribution is -0.145. The van der Waals surface area contributed by atoms with Gasteiger partial charge in [-0.05, 0) is 37.5 Å². The van der Waals surface area contributed by atoms with Crippen molar-refractivity contribution in [1.29, 1.82) is 0 Å². The van der Waals surface area contributed by atoms with Gasteiger partial charge in [-0.15, -0.1) is 0 Å². The van der Waals surface area contributed by atoms with Crippen LogP contribution in [0, 0.1) is 10.8 Å². The fourth-order valence-electron chi connectivity index (χ4n) is 2.28. The molecule has 0 saturated heterocycles. The Kier molecular flexibility index (Phi) is 16.4. The summed E-state index contributed by atoms with van der Waals surface area (Å²) in [7, 11) is 0. The molecule has 0 aliphatic heterocycles. The van der Waals surface area contributed by atoms with Gasteiger partial charge in [0.2, 0.25) is 0 Å². The molecule has 0 aliphatic rings. The molecule has 0 saturated carbocycles. The van der Waals surface area contributed by atoms with E-state index in [1.807, 2.05) is 6.92 Å². The average Bonchev–Trinajstić information content (AvgIpc) is 2.60. The Morgan fingerprint density at radius 2 is 1.40 bits per heavy atom. The minimum atomic E-state index is -0.401. The number of rotatable bonds is 12. The van der Waals surface area contributed by atoms with Gasteiger partial charge in [0.25, 0.3) is 0 Å². The van der Waals surface area contributed by atoms with Gasteiger partial charge < -0.3 is 18.9 Å². The van der Waals surface area contributed by atoms with Crippen LogP contribution in [0.3, 0.4) is 0 Å². The maximum absolute atomic E-state index is 10.8. The first-order valence-corrected chi connectivity index (χ1v) is 10.5. The molecule has 0 radical (unpaired) electrons. The minimum absolute atomic E-state index is 0.187. The SMILES string of the molecule is C=CC(=O)OC(C)COCCC(C)(C)C.C=CC(=O)OCCOC(C)CC(C)(C)C. The van der Waals surface area contributed by atoms with Crippen molar-refractivity contribution in [3.8, 4) is 0 Å². The molecule has 0 aliphatic carbocycles. The Labute approximate surface area is 184 Å². The molecule has 0 fully saturated rings. The third-order valence-corrected chi connectivity index (χ3v) is 3.63. The Balaban J connectivity index is 0. The van der Waals surface area contributed by atoms with Crippen molar-refractivity contribution in [3.63, 3.8) is 0 Å². The summed E-state index contributed by atoms with van der Waals surface area (Å²) < 4.78 is 20.6. The van der Waals surface area contributed by atoms with Gasteiger partial charge in [-0.3, -0.25) is 0 Å². The monoisotopic (exact) mass is 428 g/mol. The molecule has 0 rings (SSSR count). The second-order valence-electron chi connectivity index (χ2n) is 9.66. The molecule has 0 heterocycles. The van der Waals surface area contributed by atoms with Gasteiger partial charge in [0, 0.05) is 18.8 Å². The average molecular weight is 429 g/mol. The van der Waals surface area contributed by atoms with Crippen LogP contribution in [0.4, 0.5) is 0 Å². The molecule has 2 unspecified atom stereocenters. The number of hydrogen-bond donors (Lipinski definition) is 0. The Bertz CT molecular complexity index is 499. The first kappa shape index (κ1) is 30.5. The molecule has 0 bridgehead atoms. The van der Waals surface area contributed by atoms with Gasteiger partial charge >= 0.3 is 11.9 Å². The van der Waals surface area contributed by atoms with Crippen molar-refractivity contribution in [3.05, 3.63) is 25.3 Å². The number of hydrogen-bond acceptors (Lipinski definition) is 6. The molecule has 0 N–H and O–H groups in total. The third kappa shape index (κ3) is 24.4. The lowest BCUT2D eigenvalue weighted by atomic mass is 9.90. The summed E-state index contributed by atoms with van der Waals surface area (Å²) in [6.07, 6.45) is 4.27. The van der Waals surface area contributed by atoms with Crippen molar-refractivity contribution >= 4 is 11.9 Å². The molecule has 0 aromatic rings. The Hall–Kier alpha value is -1.66. The van der Waals surface area contributed by atoms with Gasteiger partial charge in [0.1, 0.15) is 12.7 Å². The fourth-order valence-corrected chi connectivity index (χ4v) is 2.28. The third-order valence-electron chi connectivity index (χ3n) is 3.63. The van der Waals surface area contributed by atoms with Gasteiger partial charge in [-0.25, -0.2) is 9.59 Å². The highest BCUT2D eigenvalue weighted by Gasteiger charge is 2.15. The number of esters is 2. The molecule has 6 heteroatoms. The Morgan fingerprint density at radius 1 is 0.833 bits per heavy atom.